The van der Waals surface area contributed by atoms with E-state index in [0.29, 0.717) is 19.6 Å². The zero-order valence-corrected chi connectivity index (χ0v) is 13.6. The molecule has 3 rings (SSSR count). The number of aromatic nitrogens is 1. The first-order valence-electron chi connectivity index (χ1n) is 6.77. The van der Waals surface area contributed by atoms with E-state index in [1.54, 1.807) is 6.20 Å². The van der Waals surface area contributed by atoms with Crippen molar-refractivity contribution in [3.05, 3.63) is 36.5 Å². The minimum atomic E-state index is -0.0231. The topological polar surface area (TPSA) is 63.2 Å². The number of fused-ring (bicyclic) bond motifs is 1. The minimum Gasteiger partial charge on any atom is -0.378 e. The van der Waals surface area contributed by atoms with E-state index in [0.717, 1.165) is 23.1 Å². The van der Waals surface area contributed by atoms with Crippen LogP contribution in [0.15, 0.2) is 36.5 Å². The second kappa shape index (κ2) is 8.90. The number of rotatable bonds is 3. The van der Waals surface area contributed by atoms with Gasteiger partial charge in [0.25, 0.3) is 0 Å². The largest absolute Gasteiger partial charge is 0.378 e. The van der Waals surface area contributed by atoms with Crippen LogP contribution < -0.4 is 10.6 Å². The number of morpholine rings is 1. The van der Waals surface area contributed by atoms with Crippen molar-refractivity contribution < 1.29 is 9.53 Å². The van der Waals surface area contributed by atoms with E-state index in [1.807, 2.05) is 30.3 Å². The van der Waals surface area contributed by atoms with Gasteiger partial charge in [-0.15, -0.1) is 24.8 Å². The molecule has 7 heteroatoms. The second-order valence-corrected chi connectivity index (χ2v) is 4.89. The van der Waals surface area contributed by atoms with Crippen LogP contribution in [0, 0.1) is 0 Å². The number of benzene rings is 1. The summed E-state index contributed by atoms with van der Waals surface area (Å²) in [5.74, 6) is -0.0231. The average molecular weight is 344 g/mol. The molecule has 22 heavy (non-hydrogen) atoms. The number of amides is 1. The fraction of sp³-hybridized carbons (Fsp3) is 0.333. The third kappa shape index (κ3) is 4.81. The van der Waals surface area contributed by atoms with Crippen LogP contribution in [0.3, 0.4) is 0 Å². The van der Waals surface area contributed by atoms with Crippen molar-refractivity contribution in [1.82, 2.24) is 10.3 Å². The minimum absolute atomic E-state index is 0. The van der Waals surface area contributed by atoms with Crippen LogP contribution >= 0.6 is 24.8 Å². The van der Waals surface area contributed by atoms with E-state index in [2.05, 4.69) is 15.6 Å². The summed E-state index contributed by atoms with van der Waals surface area (Å²) in [6, 6.07) is 9.86. The second-order valence-electron chi connectivity index (χ2n) is 4.89. The Morgan fingerprint density at radius 3 is 2.95 bits per heavy atom. The van der Waals surface area contributed by atoms with Gasteiger partial charge in [-0.3, -0.25) is 9.78 Å². The van der Waals surface area contributed by atoms with E-state index >= 15 is 0 Å². The molecule has 1 amide bonds. The van der Waals surface area contributed by atoms with Gasteiger partial charge in [-0.2, -0.15) is 0 Å². The molecule has 1 saturated heterocycles. The monoisotopic (exact) mass is 343 g/mol. The molecule has 2 aromatic rings. The first kappa shape index (κ1) is 18.6. The lowest BCUT2D eigenvalue weighted by Gasteiger charge is -2.23. The van der Waals surface area contributed by atoms with Crippen molar-refractivity contribution >= 4 is 47.3 Å². The zero-order chi connectivity index (χ0) is 13.8. The maximum absolute atomic E-state index is 12.0. The fourth-order valence-corrected chi connectivity index (χ4v) is 2.33. The average Bonchev–Trinajstić information content (AvgIpc) is 2.48. The molecule has 0 radical (unpaired) electrons. The fourth-order valence-electron chi connectivity index (χ4n) is 2.33. The van der Waals surface area contributed by atoms with E-state index in [9.17, 15) is 4.79 Å². The molecule has 1 aromatic heterocycles. The highest BCUT2D eigenvalue weighted by Crippen LogP contribution is 2.16. The molecule has 1 aliphatic rings. The lowest BCUT2D eigenvalue weighted by molar-refractivity contribution is -0.117. The van der Waals surface area contributed by atoms with Gasteiger partial charge < -0.3 is 15.4 Å². The number of ether oxygens (including phenoxy) is 1. The molecule has 0 aliphatic carbocycles. The number of hydrogen-bond donors (Lipinski definition) is 2. The third-order valence-corrected chi connectivity index (χ3v) is 3.30. The van der Waals surface area contributed by atoms with Crippen molar-refractivity contribution in [1.29, 1.82) is 0 Å². The van der Waals surface area contributed by atoms with Gasteiger partial charge >= 0.3 is 0 Å². The summed E-state index contributed by atoms with van der Waals surface area (Å²) in [5.41, 5.74) is 1.65. The number of nitrogens with zero attached hydrogens (tertiary/aromatic N) is 1. The molecule has 120 valence electrons. The standard InChI is InChI=1S/C15H17N3O2.2ClH/c19-15(8-13-10-20-6-5-16-13)18-12-7-11-3-1-2-4-14(11)17-9-12;;/h1-4,7,9,13,16H,5-6,8,10H2,(H,18,19);2*1H. The van der Waals surface area contributed by atoms with Crippen LogP contribution in [0.4, 0.5) is 5.69 Å². The van der Waals surface area contributed by atoms with Crippen molar-refractivity contribution in [3.8, 4) is 0 Å². The number of pyridine rings is 1. The lowest BCUT2D eigenvalue weighted by atomic mass is 10.2. The summed E-state index contributed by atoms with van der Waals surface area (Å²) in [5, 5.41) is 7.17. The summed E-state index contributed by atoms with van der Waals surface area (Å²) < 4.78 is 5.34. The molecule has 2 heterocycles. The van der Waals surface area contributed by atoms with Gasteiger partial charge in [-0.1, -0.05) is 18.2 Å². The van der Waals surface area contributed by atoms with E-state index in [1.165, 1.54) is 0 Å². The molecule has 1 atom stereocenters. The number of carbonyl (C=O) groups is 1. The number of hydrogen-bond acceptors (Lipinski definition) is 4. The Morgan fingerprint density at radius 2 is 2.18 bits per heavy atom. The van der Waals surface area contributed by atoms with E-state index in [4.69, 9.17) is 4.74 Å². The summed E-state index contributed by atoms with van der Waals surface area (Å²) >= 11 is 0. The molecular weight excluding hydrogens is 325 g/mol. The predicted molar refractivity (Wildman–Crippen MR) is 92.1 cm³/mol. The molecule has 1 aliphatic heterocycles. The number of carbonyl (C=O) groups excluding carboxylic acids is 1. The molecule has 5 nitrogen and oxygen atoms in total. The zero-order valence-electron chi connectivity index (χ0n) is 12.0. The van der Waals surface area contributed by atoms with E-state index < -0.39 is 0 Å². The maximum atomic E-state index is 12.0. The lowest BCUT2D eigenvalue weighted by Crippen LogP contribution is -2.43. The first-order chi connectivity index (χ1) is 9.81. The number of para-hydroxylation sites is 1. The molecule has 1 aromatic carbocycles. The highest BCUT2D eigenvalue weighted by atomic mass is 35.5. The Hall–Kier alpha value is -1.40. The first-order valence-corrected chi connectivity index (χ1v) is 6.77. The Balaban J connectivity index is 0.00000121. The number of halogens is 2. The molecule has 2 N–H and O–H groups in total. The van der Waals surface area contributed by atoms with Crippen molar-refractivity contribution in [2.24, 2.45) is 0 Å². The number of nitrogens with one attached hydrogen (secondary N) is 2. The van der Waals surface area contributed by atoms with Crippen molar-refractivity contribution in [2.45, 2.75) is 12.5 Å². The van der Waals surface area contributed by atoms with Crippen LogP contribution in [-0.2, 0) is 9.53 Å². The Morgan fingerprint density at radius 1 is 1.36 bits per heavy atom. The number of anilines is 1. The Bertz CT molecular complexity index is 619. The van der Waals surface area contributed by atoms with Crippen molar-refractivity contribution in [3.63, 3.8) is 0 Å². The summed E-state index contributed by atoms with van der Waals surface area (Å²) in [6.45, 7) is 2.10. The molecule has 1 unspecified atom stereocenters. The van der Waals surface area contributed by atoms with Gasteiger partial charge in [-0.25, -0.2) is 0 Å². The molecule has 0 bridgehead atoms. The van der Waals surface area contributed by atoms with Crippen LogP contribution in [0.25, 0.3) is 10.9 Å². The smallest absolute Gasteiger partial charge is 0.226 e. The van der Waals surface area contributed by atoms with Gasteiger partial charge in [0.15, 0.2) is 0 Å². The summed E-state index contributed by atoms with van der Waals surface area (Å²) in [4.78, 5) is 16.3. The van der Waals surface area contributed by atoms with Gasteiger partial charge in [-0.05, 0) is 12.1 Å². The summed E-state index contributed by atoms with van der Waals surface area (Å²) in [6.07, 6.45) is 2.10. The molecule has 1 fully saturated rings. The maximum Gasteiger partial charge on any atom is 0.226 e. The molecular formula is C15H19Cl2N3O2. The van der Waals surface area contributed by atoms with Gasteiger partial charge in [0.05, 0.1) is 30.6 Å². The van der Waals surface area contributed by atoms with Gasteiger partial charge in [0, 0.05) is 24.4 Å². The predicted octanol–water partition coefficient (Wildman–Crippen LogP) is 2.40. The van der Waals surface area contributed by atoms with Crippen LogP contribution in [0.1, 0.15) is 6.42 Å². The van der Waals surface area contributed by atoms with Crippen LogP contribution in [0.5, 0.6) is 0 Å². The Labute approximate surface area is 141 Å². The van der Waals surface area contributed by atoms with Crippen molar-refractivity contribution in [2.75, 3.05) is 25.1 Å². The molecule has 0 spiro atoms. The quantitative estimate of drug-likeness (QED) is 0.898. The summed E-state index contributed by atoms with van der Waals surface area (Å²) in [7, 11) is 0. The van der Waals surface area contributed by atoms with E-state index in [-0.39, 0.29) is 36.8 Å². The highest BCUT2D eigenvalue weighted by molar-refractivity contribution is 5.93. The normalized spacial score (nSPS) is 17.2. The highest BCUT2D eigenvalue weighted by Gasteiger charge is 2.16. The van der Waals surface area contributed by atoms with Gasteiger partial charge in [0.2, 0.25) is 5.91 Å². The third-order valence-electron chi connectivity index (χ3n) is 3.30. The molecule has 0 saturated carbocycles. The van der Waals surface area contributed by atoms with Crippen LogP contribution in [0.2, 0.25) is 0 Å². The Kier molecular flexibility index (Phi) is 7.55. The SMILES string of the molecule is Cl.Cl.O=C(CC1COCCN1)Nc1cnc2ccccc2c1. The van der Waals surface area contributed by atoms with Gasteiger partial charge in [0.1, 0.15) is 0 Å². The van der Waals surface area contributed by atoms with Crippen LogP contribution in [-0.4, -0.2) is 36.7 Å².